The minimum Gasteiger partial charge on any atom is -0.485 e. The molecule has 2 rings (SSSR count). The third-order valence-corrected chi connectivity index (χ3v) is 3.20. The van der Waals surface area contributed by atoms with Crippen LogP contribution in [0.5, 0.6) is 11.6 Å². The lowest BCUT2D eigenvalue weighted by atomic mass is 9.98. The van der Waals surface area contributed by atoms with Crippen LogP contribution in [0.2, 0.25) is 0 Å². The van der Waals surface area contributed by atoms with Gasteiger partial charge >= 0.3 is 6.09 Å². The predicted octanol–water partition coefficient (Wildman–Crippen LogP) is 1.37. The summed E-state index contributed by atoms with van der Waals surface area (Å²) < 4.78 is 10.8. The van der Waals surface area contributed by atoms with E-state index < -0.39 is 12.0 Å². The number of hydrogen-bond acceptors (Lipinski definition) is 6. The van der Waals surface area contributed by atoms with Gasteiger partial charge in [0.15, 0.2) is 5.75 Å². The van der Waals surface area contributed by atoms with E-state index in [1.165, 1.54) is 12.6 Å². The molecule has 1 aliphatic carbocycles. The number of nitrogens with two attached hydrogens (primary N) is 1. The number of ether oxygens (including phenoxy) is 2. The van der Waals surface area contributed by atoms with Gasteiger partial charge in [0.1, 0.15) is 0 Å². The fourth-order valence-electron chi connectivity index (χ4n) is 2.18. The van der Waals surface area contributed by atoms with Gasteiger partial charge in [0.2, 0.25) is 5.91 Å². The summed E-state index contributed by atoms with van der Waals surface area (Å²) in [5.41, 5.74) is 5.11. The van der Waals surface area contributed by atoms with E-state index in [9.17, 15) is 9.59 Å². The number of imide groups is 1. The number of rotatable bonds is 4. The Labute approximate surface area is 122 Å². The second-order valence-corrected chi connectivity index (χ2v) is 4.83. The van der Waals surface area contributed by atoms with Crippen LogP contribution in [-0.2, 0) is 4.79 Å². The zero-order valence-electron chi connectivity index (χ0n) is 11.7. The summed E-state index contributed by atoms with van der Waals surface area (Å²) in [7, 11) is 0. The number of nitrogens with one attached hydrogen (secondary N) is 1. The van der Waals surface area contributed by atoms with Crippen molar-refractivity contribution in [2.45, 2.75) is 38.2 Å². The largest absolute Gasteiger partial charge is 0.485 e. The first-order chi connectivity index (χ1) is 10.2. The van der Waals surface area contributed by atoms with E-state index >= 15 is 0 Å². The Kier molecular flexibility index (Phi) is 5.51. The van der Waals surface area contributed by atoms with Gasteiger partial charge in [-0.25, -0.2) is 9.78 Å². The quantitative estimate of drug-likeness (QED) is 0.869. The molecule has 1 aromatic rings. The van der Waals surface area contributed by atoms with Gasteiger partial charge < -0.3 is 15.2 Å². The van der Waals surface area contributed by atoms with Gasteiger partial charge in [-0.1, -0.05) is 6.42 Å². The number of nitrogens with zero attached hydrogens (tertiary/aromatic N) is 1. The molecule has 3 N–H and O–H groups in total. The molecule has 0 spiro atoms. The standard InChI is InChI=1S/C14H19N3O4/c15-9-12(18)17-14(19)21-13-11(7-4-8-16-13)20-10-5-2-1-3-6-10/h4,7-8,10H,1-3,5-6,9,15H2,(H,17,18,19). The lowest BCUT2D eigenvalue weighted by Crippen LogP contribution is -2.37. The van der Waals surface area contributed by atoms with Gasteiger partial charge in [-0.05, 0) is 37.8 Å². The van der Waals surface area contributed by atoms with E-state index in [0.29, 0.717) is 5.75 Å². The number of carbonyl (C=O) groups is 2. The maximum atomic E-state index is 11.5. The third kappa shape index (κ3) is 4.71. The SMILES string of the molecule is NCC(=O)NC(=O)Oc1ncccc1OC1CCCCC1. The van der Waals surface area contributed by atoms with Crippen LogP contribution in [0.1, 0.15) is 32.1 Å². The Morgan fingerprint density at radius 1 is 1.33 bits per heavy atom. The predicted molar refractivity (Wildman–Crippen MR) is 75.0 cm³/mol. The summed E-state index contributed by atoms with van der Waals surface area (Å²) in [6, 6.07) is 3.39. The van der Waals surface area contributed by atoms with Gasteiger partial charge in [-0.2, -0.15) is 0 Å². The molecule has 7 nitrogen and oxygen atoms in total. The number of amides is 2. The molecule has 1 fully saturated rings. The summed E-state index contributed by atoms with van der Waals surface area (Å²) in [5, 5.41) is 1.99. The zero-order valence-corrected chi connectivity index (χ0v) is 11.7. The van der Waals surface area contributed by atoms with E-state index in [-0.39, 0.29) is 18.5 Å². The highest BCUT2D eigenvalue weighted by molar-refractivity contribution is 5.93. The molecule has 2 amide bonds. The molecule has 1 aliphatic rings. The minimum absolute atomic E-state index is 0.0467. The van der Waals surface area contributed by atoms with Crippen molar-refractivity contribution in [2.75, 3.05) is 6.54 Å². The maximum Gasteiger partial charge on any atom is 0.420 e. The first-order valence-electron chi connectivity index (χ1n) is 7.02. The van der Waals surface area contributed by atoms with Gasteiger partial charge in [0.25, 0.3) is 5.88 Å². The van der Waals surface area contributed by atoms with E-state index in [0.717, 1.165) is 25.7 Å². The highest BCUT2D eigenvalue weighted by atomic mass is 16.6. The average molecular weight is 293 g/mol. The third-order valence-electron chi connectivity index (χ3n) is 3.20. The molecule has 7 heteroatoms. The first-order valence-corrected chi connectivity index (χ1v) is 7.02. The molecular formula is C14H19N3O4. The topological polar surface area (TPSA) is 104 Å². The molecular weight excluding hydrogens is 274 g/mol. The monoisotopic (exact) mass is 293 g/mol. The smallest absolute Gasteiger partial charge is 0.420 e. The van der Waals surface area contributed by atoms with Crippen molar-refractivity contribution in [3.63, 3.8) is 0 Å². The summed E-state index contributed by atoms with van der Waals surface area (Å²) >= 11 is 0. The number of aromatic nitrogens is 1. The lowest BCUT2D eigenvalue weighted by Gasteiger charge is -2.23. The highest BCUT2D eigenvalue weighted by Gasteiger charge is 2.19. The van der Waals surface area contributed by atoms with Crippen LogP contribution < -0.4 is 20.5 Å². The summed E-state index contributed by atoms with van der Waals surface area (Å²) in [4.78, 5) is 26.5. The van der Waals surface area contributed by atoms with Crippen molar-refractivity contribution < 1.29 is 19.1 Å². The molecule has 0 aliphatic heterocycles. The van der Waals surface area contributed by atoms with Crippen molar-refractivity contribution in [2.24, 2.45) is 5.73 Å². The van der Waals surface area contributed by atoms with Gasteiger partial charge in [0.05, 0.1) is 12.6 Å². The van der Waals surface area contributed by atoms with E-state index in [2.05, 4.69) is 4.98 Å². The van der Waals surface area contributed by atoms with E-state index in [1.54, 1.807) is 12.1 Å². The number of hydrogen-bond donors (Lipinski definition) is 2. The van der Waals surface area contributed by atoms with Gasteiger partial charge in [-0.3, -0.25) is 10.1 Å². The molecule has 0 aromatic carbocycles. The van der Waals surface area contributed by atoms with Crippen LogP contribution in [0.15, 0.2) is 18.3 Å². The van der Waals surface area contributed by atoms with Gasteiger partial charge in [0, 0.05) is 6.20 Å². The fraction of sp³-hybridized carbons (Fsp3) is 0.500. The Morgan fingerprint density at radius 2 is 2.10 bits per heavy atom. The second kappa shape index (κ2) is 7.58. The van der Waals surface area contributed by atoms with Crippen molar-refractivity contribution >= 4 is 12.0 Å². The molecule has 0 radical (unpaired) electrons. The van der Waals surface area contributed by atoms with Crippen LogP contribution in [0.3, 0.4) is 0 Å². The zero-order chi connectivity index (χ0) is 15.1. The Hall–Kier alpha value is -2.15. The van der Waals surface area contributed by atoms with E-state index in [1.807, 2.05) is 5.32 Å². The molecule has 21 heavy (non-hydrogen) atoms. The number of pyridine rings is 1. The molecule has 0 atom stereocenters. The van der Waals surface area contributed by atoms with Crippen molar-refractivity contribution in [3.8, 4) is 11.6 Å². The van der Waals surface area contributed by atoms with Crippen LogP contribution in [0.25, 0.3) is 0 Å². The molecule has 114 valence electrons. The van der Waals surface area contributed by atoms with Crippen LogP contribution in [0, 0.1) is 0 Å². The average Bonchev–Trinajstić information content (AvgIpc) is 2.50. The van der Waals surface area contributed by atoms with Gasteiger partial charge in [-0.15, -0.1) is 0 Å². The lowest BCUT2D eigenvalue weighted by molar-refractivity contribution is -0.118. The van der Waals surface area contributed by atoms with Crippen LogP contribution in [-0.4, -0.2) is 29.6 Å². The summed E-state index contributed by atoms with van der Waals surface area (Å²) in [6.07, 6.45) is 6.12. The molecule has 1 saturated carbocycles. The Balaban J connectivity index is 1.98. The highest BCUT2D eigenvalue weighted by Crippen LogP contribution is 2.29. The molecule has 0 bridgehead atoms. The molecule has 1 aromatic heterocycles. The Morgan fingerprint density at radius 3 is 2.81 bits per heavy atom. The van der Waals surface area contributed by atoms with Crippen molar-refractivity contribution in [3.05, 3.63) is 18.3 Å². The van der Waals surface area contributed by atoms with Crippen LogP contribution >= 0.6 is 0 Å². The normalized spacial score (nSPS) is 15.3. The second-order valence-electron chi connectivity index (χ2n) is 4.83. The summed E-state index contributed by atoms with van der Waals surface area (Å²) in [6.45, 7) is -0.289. The molecule has 0 unspecified atom stereocenters. The maximum absolute atomic E-state index is 11.5. The molecule has 1 heterocycles. The number of carbonyl (C=O) groups excluding carboxylic acids is 2. The van der Waals surface area contributed by atoms with Crippen molar-refractivity contribution in [1.82, 2.24) is 10.3 Å². The first kappa shape index (κ1) is 15.2. The Bertz CT molecular complexity index is 501. The fourth-order valence-corrected chi connectivity index (χ4v) is 2.18. The minimum atomic E-state index is -0.919. The van der Waals surface area contributed by atoms with Crippen molar-refractivity contribution in [1.29, 1.82) is 0 Å². The summed E-state index contributed by atoms with van der Waals surface area (Å²) in [5.74, 6) is -0.171. The van der Waals surface area contributed by atoms with Crippen LogP contribution in [0.4, 0.5) is 4.79 Å². The van der Waals surface area contributed by atoms with E-state index in [4.69, 9.17) is 15.2 Å². The molecule has 0 saturated heterocycles.